The van der Waals surface area contributed by atoms with Crippen molar-refractivity contribution in [2.45, 2.75) is 39.7 Å². The Balaban J connectivity index is 1.84. The van der Waals surface area contributed by atoms with Gasteiger partial charge in [0.2, 0.25) is 0 Å². The zero-order chi connectivity index (χ0) is 22.2. The van der Waals surface area contributed by atoms with E-state index >= 15 is 0 Å². The van der Waals surface area contributed by atoms with E-state index in [0.29, 0.717) is 11.3 Å². The van der Waals surface area contributed by atoms with Gasteiger partial charge in [0.1, 0.15) is 11.5 Å². The quantitative estimate of drug-likeness (QED) is 0.481. The molecule has 0 saturated carbocycles. The van der Waals surface area contributed by atoms with E-state index in [1.165, 1.54) is 4.88 Å². The summed E-state index contributed by atoms with van der Waals surface area (Å²) >= 11 is 1.65. The summed E-state index contributed by atoms with van der Waals surface area (Å²) in [6.07, 6.45) is 2.83. The van der Waals surface area contributed by atoms with Crippen LogP contribution in [0.15, 0.2) is 48.5 Å². The Morgan fingerprint density at radius 1 is 1.13 bits per heavy atom. The van der Waals surface area contributed by atoms with Crippen LogP contribution in [0.25, 0.3) is 10.4 Å². The number of para-hydroxylation sites is 1. The van der Waals surface area contributed by atoms with E-state index in [1.807, 2.05) is 56.6 Å². The lowest BCUT2D eigenvalue weighted by atomic mass is 9.76. The molecule has 0 unspecified atom stereocenters. The van der Waals surface area contributed by atoms with E-state index in [4.69, 9.17) is 4.74 Å². The van der Waals surface area contributed by atoms with E-state index in [9.17, 15) is 9.90 Å². The van der Waals surface area contributed by atoms with Crippen molar-refractivity contribution in [2.24, 2.45) is 5.41 Å². The average molecular weight is 436 g/mol. The molecule has 4 rings (SSSR count). The Kier molecular flexibility index (Phi) is 5.91. The van der Waals surface area contributed by atoms with Crippen molar-refractivity contribution >= 4 is 17.3 Å². The van der Waals surface area contributed by atoms with Crippen LogP contribution in [0.1, 0.15) is 46.6 Å². The maximum absolute atomic E-state index is 12.4. The number of aromatic carboxylic acids is 1. The highest BCUT2D eigenvalue weighted by atomic mass is 32.1. The lowest BCUT2D eigenvalue weighted by molar-refractivity contribution is 0.0696. The van der Waals surface area contributed by atoms with Gasteiger partial charge in [-0.1, -0.05) is 38.1 Å². The second kappa shape index (κ2) is 8.48. The van der Waals surface area contributed by atoms with E-state index in [-0.39, 0.29) is 5.41 Å². The van der Waals surface area contributed by atoms with Crippen LogP contribution < -0.4 is 4.74 Å². The highest BCUT2D eigenvalue weighted by Gasteiger charge is 2.33. The molecule has 0 spiro atoms. The minimum Gasteiger partial charge on any atom is -0.478 e. The Hall–Kier alpha value is -2.63. The van der Waals surface area contributed by atoms with Crippen LogP contribution in [0, 0.1) is 5.41 Å². The third kappa shape index (κ3) is 4.68. The molecule has 0 amide bonds. The molecule has 5 heteroatoms. The van der Waals surface area contributed by atoms with E-state index < -0.39 is 5.97 Å². The molecular weight excluding hydrogens is 406 g/mol. The SMILES string of the molecule is CN(C)Cc1ccc(Oc2ccccc2)cc1-c1sc2c(c1C(=O)O)CC(C)(C)CC2. The molecule has 1 aliphatic rings. The van der Waals surface area contributed by atoms with Crippen molar-refractivity contribution in [1.82, 2.24) is 4.90 Å². The molecule has 1 heterocycles. The first kappa shape index (κ1) is 21.6. The van der Waals surface area contributed by atoms with Gasteiger partial charge in [-0.2, -0.15) is 0 Å². The van der Waals surface area contributed by atoms with Crippen molar-refractivity contribution < 1.29 is 14.6 Å². The van der Waals surface area contributed by atoms with Gasteiger partial charge in [-0.3, -0.25) is 0 Å². The van der Waals surface area contributed by atoms with Gasteiger partial charge in [-0.05, 0) is 74.2 Å². The van der Waals surface area contributed by atoms with E-state index in [1.54, 1.807) is 11.3 Å². The molecule has 0 atom stereocenters. The first-order chi connectivity index (χ1) is 14.7. The predicted octanol–water partition coefficient (Wildman–Crippen LogP) is 6.48. The molecule has 1 N–H and O–H groups in total. The van der Waals surface area contributed by atoms with Gasteiger partial charge in [0.15, 0.2) is 0 Å². The van der Waals surface area contributed by atoms with Crippen LogP contribution in [0.3, 0.4) is 0 Å². The van der Waals surface area contributed by atoms with Crippen LogP contribution in [-0.4, -0.2) is 30.1 Å². The fourth-order valence-electron chi connectivity index (χ4n) is 4.27. The summed E-state index contributed by atoms with van der Waals surface area (Å²) in [5, 5.41) is 10.2. The number of aryl methyl sites for hydroxylation is 1. The summed E-state index contributed by atoms with van der Waals surface area (Å²) in [5.41, 5.74) is 3.68. The summed E-state index contributed by atoms with van der Waals surface area (Å²) < 4.78 is 6.08. The van der Waals surface area contributed by atoms with Gasteiger partial charge >= 0.3 is 5.97 Å². The zero-order valence-corrected chi connectivity index (χ0v) is 19.4. The fourth-order valence-corrected chi connectivity index (χ4v) is 5.63. The first-order valence-corrected chi connectivity index (χ1v) is 11.4. The molecule has 1 aliphatic carbocycles. The van der Waals surface area contributed by atoms with Crippen molar-refractivity contribution in [3.63, 3.8) is 0 Å². The molecule has 4 nitrogen and oxygen atoms in total. The molecule has 2 aromatic carbocycles. The van der Waals surface area contributed by atoms with Crippen molar-refractivity contribution in [3.8, 4) is 21.9 Å². The molecule has 0 aliphatic heterocycles. The number of carbonyl (C=O) groups is 1. The van der Waals surface area contributed by atoms with Gasteiger partial charge in [-0.15, -0.1) is 11.3 Å². The summed E-state index contributed by atoms with van der Waals surface area (Å²) in [5.74, 6) is 0.640. The van der Waals surface area contributed by atoms with Crippen LogP contribution in [0.2, 0.25) is 0 Å². The predicted molar refractivity (Wildman–Crippen MR) is 126 cm³/mol. The second-order valence-electron chi connectivity index (χ2n) is 9.33. The molecule has 1 aromatic heterocycles. The van der Waals surface area contributed by atoms with Crippen LogP contribution in [0.4, 0.5) is 0 Å². The van der Waals surface area contributed by atoms with Crippen LogP contribution in [0.5, 0.6) is 11.5 Å². The fraction of sp³-hybridized carbons (Fsp3) is 0.346. The summed E-state index contributed by atoms with van der Waals surface area (Å²) in [4.78, 5) is 16.6. The summed E-state index contributed by atoms with van der Waals surface area (Å²) in [7, 11) is 4.05. The number of carboxylic acid groups (broad SMARTS) is 1. The van der Waals surface area contributed by atoms with Gasteiger partial charge in [0.05, 0.1) is 5.56 Å². The highest BCUT2D eigenvalue weighted by Crippen LogP contribution is 2.46. The van der Waals surface area contributed by atoms with Crippen molar-refractivity contribution in [3.05, 3.63) is 70.1 Å². The number of rotatable bonds is 6. The number of hydrogen-bond donors (Lipinski definition) is 1. The summed E-state index contributed by atoms with van der Waals surface area (Å²) in [6.45, 7) is 5.18. The first-order valence-electron chi connectivity index (χ1n) is 10.6. The van der Waals surface area contributed by atoms with Gasteiger partial charge in [-0.25, -0.2) is 4.79 Å². The number of thiophene rings is 1. The molecule has 31 heavy (non-hydrogen) atoms. The number of hydrogen-bond acceptors (Lipinski definition) is 4. The smallest absolute Gasteiger partial charge is 0.337 e. The normalized spacial score (nSPS) is 15.0. The monoisotopic (exact) mass is 435 g/mol. The zero-order valence-electron chi connectivity index (χ0n) is 18.6. The van der Waals surface area contributed by atoms with Crippen LogP contribution >= 0.6 is 11.3 Å². The lowest BCUT2D eigenvalue weighted by Gasteiger charge is -2.29. The Morgan fingerprint density at radius 3 is 2.55 bits per heavy atom. The minimum absolute atomic E-state index is 0.125. The standard InChI is InChI=1S/C26H29NO3S/c1-26(2)13-12-22-21(15-26)23(25(28)29)24(31-22)20-14-19(11-10-17(20)16-27(3)4)30-18-8-6-5-7-9-18/h5-11,14H,12-13,15-16H2,1-4H3,(H,28,29). The Bertz CT molecular complexity index is 1100. The molecule has 0 saturated heterocycles. The maximum atomic E-state index is 12.4. The van der Waals surface area contributed by atoms with Crippen LogP contribution in [-0.2, 0) is 19.4 Å². The molecule has 0 radical (unpaired) electrons. The Morgan fingerprint density at radius 2 is 1.87 bits per heavy atom. The van der Waals surface area contributed by atoms with E-state index in [2.05, 4.69) is 24.8 Å². The summed E-state index contributed by atoms with van der Waals surface area (Å²) in [6, 6.07) is 15.7. The molecular formula is C26H29NO3S. The second-order valence-corrected chi connectivity index (χ2v) is 10.4. The average Bonchev–Trinajstić information content (AvgIpc) is 3.07. The largest absolute Gasteiger partial charge is 0.478 e. The number of fused-ring (bicyclic) bond motifs is 1. The maximum Gasteiger partial charge on any atom is 0.337 e. The number of benzene rings is 2. The molecule has 3 aromatic rings. The van der Waals surface area contributed by atoms with Crippen molar-refractivity contribution in [1.29, 1.82) is 0 Å². The van der Waals surface area contributed by atoms with E-state index in [0.717, 1.165) is 53.1 Å². The number of ether oxygens (including phenoxy) is 1. The van der Waals surface area contributed by atoms with Gasteiger partial charge in [0, 0.05) is 21.9 Å². The van der Waals surface area contributed by atoms with Gasteiger partial charge < -0.3 is 14.7 Å². The lowest BCUT2D eigenvalue weighted by Crippen LogP contribution is -2.22. The highest BCUT2D eigenvalue weighted by molar-refractivity contribution is 7.16. The minimum atomic E-state index is -0.838. The third-order valence-electron chi connectivity index (χ3n) is 5.78. The van der Waals surface area contributed by atoms with Gasteiger partial charge in [0.25, 0.3) is 0 Å². The molecule has 162 valence electrons. The molecule has 0 fully saturated rings. The third-order valence-corrected chi connectivity index (χ3v) is 7.11. The topological polar surface area (TPSA) is 49.8 Å². The number of carboxylic acids is 1. The molecule has 0 bridgehead atoms. The van der Waals surface area contributed by atoms with Crippen molar-refractivity contribution in [2.75, 3.05) is 14.1 Å². The number of nitrogens with zero attached hydrogens (tertiary/aromatic N) is 1. The Labute approximate surface area is 188 Å².